The van der Waals surface area contributed by atoms with Gasteiger partial charge in [0.1, 0.15) is 12.7 Å². The molecular weight excluding hydrogens is 280 g/mol. The molecule has 6 nitrogen and oxygen atoms in total. The summed E-state index contributed by atoms with van der Waals surface area (Å²) in [5.41, 5.74) is 1.12. The number of aryl methyl sites for hydroxylation is 1. The Bertz CT molecular complexity index is 555. The number of nitrogens with one attached hydrogen (secondary N) is 1. The molecule has 0 aliphatic carbocycles. The zero-order valence-electron chi connectivity index (χ0n) is 12.7. The smallest absolute Gasteiger partial charge is 0.221 e. The van der Waals surface area contributed by atoms with Crippen molar-refractivity contribution in [2.75, 3.05) is 6.54 Å². The number of carbonyl (C=O) groups is 1. The van der Waals surface area contributed by atoms with Crippen LogP contribution in [0.2, 0.25) is 0 Å². The third-order valence-corrected chi connectivity index (χ3v) is 3.48. The molecule has 2 atom stereocenters. The first-order chi connectivity index (χ1) is 10.6. The molecule has 22 heavy (non-hydrogen) atoms. The summed E-state index contributed by atoms with van der Waals surface area (Å²) in [6.45, 7) is 2.80. The van der Waals surface area contributed by atoms with Gasteiger partial charge in [-0.3, -0.25) is 9.48 Å². The van der Waals surface area contributed by atoms with Crippen LogP contribution in [0, 0.1) is 0 Å². The fourth-order valence-corrected chi connectivity index (χ4v) is 2.36. The summed E-state index contributed by atoms with van der Waals surface area (Å²) in [6, 6.07) is 9.94. The lowest BCUT2D eigenvalue weighted by molar-refractivity contribution is -0.121. The van der Waals surface area contributed by atoms with Crippen molar-refractivity contribution >= 4 is 5.91 Å². The van der Waals surface area contributed by atoms with Crippen LogP contribution in [-0.4, -0.2) is 38.4 Å². The maximum atomic E-state index is 11.9. The lowest BCUT2D eigenvalue weighted by atomic mass is 9.93. The van der Waals surface area contributed by atoms with E-state index in [0.29, 0.717) is 25.9 Å². The first-order valence-electron chi connectivity index (χ1n) is 7.47. The third kappa shape index (κ3) is 5.29. The van der Waals surface area contributed by atoms with E-state index < -0.39 is 6.10 Å². The molecule has 0 aliphatic rings. The second-order valence-electron chi connectivity index (χ2n) is 5.40. The average molecular weight is 302 g/mol. The number of carbonyl (C=O) groups excluding carboxylic acids is 1. The van der Waals surface area contributed by atoms with Crippen LogP contribution in [0.15, 0.2) is 43.0 Å². The Kier molecular flexibility index (Phi) is 6.09. The quantitative estimate of drug-likeness (QED) is 0.771. The largest absolute Gasteiger partial charge is 0.393 e. The first kappa shape index (κ1) is 16.2. The Morgan fingerprint density at radius 2 is 2.14 bits per heavy atom. The predicted octanol–water partition coefficient (Wildman–Crippen LogP) is 1.34. The number of amides is 1. The van der Waals surface area contributed by atoms with Gasteiger partial charge in [-0.25, -0.2) is 4.98 Å². The van der Waals surface area contributed by atoms with Crippen molar-refractivity contribution < 1.29 is 9.90 Å². The summed E-state index contributed by atoms with van der Waals surface area (Å²) >= 11 is 0. The molecule has 0 radical (unpaired) electrons. The van der Waals surface area contributed by atoms with Gasteiger partial charge in [-0.15, -0.1) is 0 Å². The van der Waals surface area contributed by atoms with Crippen molar-refractivity contribution in [1.29, 1.82) is 0 Å². The molecule has 2 N–H and O–H groups in total. The number of rotatable bonds is 8. The van der Waals surface area contributed by atoms with Crippen LogP contribution in [-0.2, 0) is 11.3 Å². The van der Waals surface area contributed by atoms with Gasteiger partial charge in [-0.2, -0.15) is 5.10 Å². The molecule has 0 saturated heterocycles. The summed E-state index contributed by atoms with van der Waals surface area (Å²) in [5, 5.41) is 16.5. The number of hydrogen-bond donors (Lipinski definition) is 2. The van der Waals surface area contributed by atoms with Crippen LogP contribution >= 0.6 is 0 Å². The van der Waals surface area contributed by atoms with Gasteiger partial charge >= 0.3 is 0 Å². The van der Waals surface area contributed by atoms with Gasteiger partial charge in [0.25, 0.3) is 0 Å². The van der Waals surface area contributed by atoms with E-state index in [0.717, 1.165) is 5.56 Å². The van der Waals surface area contributed by atoms with Gasteiger partial charge in [0.2, 0.25) is 5.91 Å². The number of nitrogens with zero attached hydrogens (tertiary/aromatic N) is 3. The second-order valence-corrected chi connectivity index (χ2v) is 5.40. The highest BCUT2D eigenvalue weighted by Gasteiger charge is 2.15. The van der Waals surface area contributed by atoms with E-state index in [1.165, 1.54) is 6.33 Å². The molecule has 0 bridgehead atoms. The minimum absolute atomic E-state index is 0.0259. The number of aliphatic hydroxyl groups is 1. The summed E-state index contributed by atoms with van der Waals surface area (Å²) < 4.78 is 1.63. The number of aliphatic hydroxyl groups excluding tert-OH is 1. The Balaban J connectivity index is 1.84. The van der Waals surface area contributed by atoms with Crippen LogP contribution in [0.3, 0.4) is 0 Å². The minimum Gasteiger partial charge on any atom is -0.393 e. The lowest BCUT2D eigenvalue weighted by Gasteiger charge is -2.19. The van der Waals surface area contributed by atoms with Crippen LogP contribution in [0.5, 0.6) is 0 Å². The summed E-state index contributed by atoms with van der Waals surface area (Å²) in [7, 11) is 0. The summed E-state index contributed by atoms with van der Waals surface area (Å²) in [5.74, 6) is 0.0820. The molecule has 2 rings (SSSR count). The zero-order valence-corrected chi connectivity index (χ0v) is 12.7. The molecule has 2 unspecified atom stereocenters. The number of hydrogen-bond acceptors (Lipinski definition) is 4. The first-order valence-corrected chi connectivity index (χ1v) is 7.47. The van der Waals surface area contributed by atoms with Crippen molar-refractivity contribution in [1.82, 2.24) is 20.1 Å². The van der Waals surface area contributed by atoms with E-state index in [-0.39, 0.29) is 11.8 Å². The minimum atomic E-state index is -0.405. The van der Waals surface area contributed by atoms with E-state index in [2.05, 4.69) is 15.4 Å². The average Bonchev–Trinajstić information content (AvgIpc) is 3.03. The molecule has 1 aromatic heterocycles. The molecule has 1 aromatic carbocycles. The van der Waals surface area contributed by atoms with Gasteiger partial charge < -0.3 is 10.4 Å². The Morgan fingerprint density at radius 3 is 2.77 bits per heavy atom. The van der Waals surface area contributed by atoms with E-state index in [1.807, 2.05) is 30.3 Å². The highest BCUT2D eigenvalue weighted by molar-refractivity contribution is 5.75. The molecule has 6 heteroatoms. The molecule has 0 spiro atoms. The zero-order chi connectivity index (χ0) is 15.8. The fourth-order valence-electron chi connectivity index (χ4n) is 2.36. The summed E-state index contributed by atoms with van der Waals surface area (Å²) in [6.07, 6.45) is 3.61. The van der Waals surface area contributed by atoms with Gasteiger partial charge in [0.05, 0.1) is 12.6 Å². The van der Waals surface area contributed by atoms with E-state index in [1.54, 1.807) is 17.9 Å². The molecule has 118 valence electrons. The lowest BCUT2D eigenvalue weighted by Crippen LogP contribution is -2.30. The van der Waals surface area contributed by atoms with Gasteiger partial charge in [0, 0.05) is 18.9 Å². The van der Waals surface area contributed by atoms with Crippen LogP contribution in [0.1, 0.15) is 31.2 Å². The number of benzene rings is 1. The van der Waals surface area contributed by atoms with Crippen LogP contribution in [0.25, 0.3) is 0 Å². The third-order valence-electron chi connectivity index (χ3n) is 3.48. The molecule has 2 aromatic rings. The van der Waals surface area contributed by atoms with Gasteiger partial charge in [-0.1, -0.05) is 30.3 Å². The van der Waals surface area contributed by atoms with Crippen molar-refractivity contribution in [3.8, 4) is 0 Å². The highest BCUT2D eigenvalue weighted by Crippen LogP contribution is 2.20. The van der Waals surface area contributed by atoms with E-state index in [4.69, 9.17) is 0 Å². The van der Waals surface area contributed by atoms with Crippen molar-refractivity contribution in [2.45, 2.75) is 38.3 Å². The molecule has 0 fully saturated rings. The number of aromatic nitrogens is 3. The van der Waals surface area contributed by atoms with Crippen molar-refractivity contribution in [3.05, 3.63) is 48.5 Å². The van der Waals surface area contributed by atoms with Crippen molar-refractivity contribution in [2.24, 2.45) is 0 Å². The molecule has 1 heterocycles. The second kappa shape index (κ2) is 8.29. The predicted molar refractivity (Wildman–Crippen MR) is 83.1 cm³/mol. The molecule has 1 amide bonds. The maximum Gasteiger partial charge on any atom is 0.221 e. The van der Waals surface area contributed by atoms with Crippen LogP contribution < -0.4 is 5.32 Å². The Hall–Kier alpha value is -2.21. The fraction of sp³-hybridized carbons (Fsp3) is 0.438. The standard InChI is InChI=1S/C16H22N4O2/c1-13(21)9-15(14-5-3-2-4-6-14)10-18-16(22)7-8-20-12-17-11-19-20/h2-6,11-13,15,21H,7-10H2,1H3,(H,18,22). The monoisotopic (exact) mass is 302 g/mol. The topological polar surface area (TPSA) is 80.0 Å². The molecule has 0 aliphatic heterocycles. The van der Waals surface area contributed by atoms with E-state index >= 15 is 0 Å². The van der Waals surface area contributed by atoms with Crippen molar-refractivity contribution in [3.63, 3.8) is 0 Å². The maximum absolute atomic E-state index is 11.9. The normalized spacial score (nSPS) is 13.5. The Labute approximate surface area is 130 Å². The molecule has 0 saturated carbocycles. The van der Waals surface area contributed by atoms with Gasteiger partial charge in [0.15, 0.2) is 0 Å². The van der Waals surface area contributed by atoms with Gasteiger partial charge in [-0.05, 0) is 18.9 Å². The SMILES string of the molecule is CC(O)CC(CNC(=O)CCn1cncn1)c1ccccc1. The summed E-state index contributed by atoms with van der Waals surface area (Å²) in [4.78, 5) is 15.8. The molecular formula is C16H22N4O2. The van der Waals surface area contributed by atoms with E-state index in [9.17, 15) is 9.90 Å². The van der Waals surface area contributed by atoms with Crippen LogP contribution in [0.4, 0.5) is 0 Å². The Morgan fingerprint density at radius 1 is 1.36 bits per heavy atom. The highest BCUT2D eigenvalue weighted by atomic mass is 16.3.